The highest BCUT2D eigenvalue weighted by Crippen LogP contribution is 2.29. The van der Waals surface area contributed by atoms with Crippen LogP contribution in [0.4, 0.5) is 5.69 Å². The summed E-state index contributed by atoms with van der Waals surface area (Å²) in [5, 5.41) is 4.23. The number of thioether (sulfide) groups is 1. The van der Waals surface area contributed by atoms with Crippen LogP contribution in [0.5, 0.6) is 11.5 Å². The third-order valence-corrected chi connectivity index (χ3v) is 4.94. The first-order chi connectivity index (χ1) is 13.1. The molecule has 140 valence electrons. The molecule has 0 fully saturated rings. The summed E-state index contributed by atoms with van der Waals surface area (Å²) in [6, 6.07) is 12.7. The van der Waals surface area contributed by atoms with E-state index in [0.717, 1.165) is 5.69 Å². The number of ether oxygens (including phenoxy) is 2. The zero-order valence-corrected chi connectivity index (χ0v) is 16.4. The largest absolute Gasteiger partial charge is 0.497 e. The number of hydrogen-bond donors (Lipinski definition) is 1. The lowest BCUT2D eigenvalue weighted by Crippen LogP contribution is -2.15. The number of carbonyl (C=O) groups excluding carboxylic acids is 1. The molecule has 3 rings (SSSR count). The van der Waals surface area contributed by atoms with Crippen molar-refractivity contribution in [3.8, 4) is 17.2 Å². The molecule has 1 N–H and O–H groups in total. The first-order valence-electron chi connectivity index (χ1n) is 8.04. The lowest BCUT2D eigenvalue weighted by atomic mass is 10.2. The van der Waals surface area contributed by atoms with Crippen LogP contribution in [0, 0.1) is 0 Å². The van der Waals surface area contributed by atoms with Gasteiger partial charge >= 0.3 is 0 Å². The van der Waals surface area contributed by atoms with Gasteiger partial charge in [-0.1, -0.05) is 23.4 Å². The Labute approximate surface area is 166 Å². The molecule has 0 saturated heterocycles. The van der Waals surface area contributed by atoms with E-state index in [1.807, 2.05) is 35.0 Å². The molecule has 0 unspecified atom stereocenters. The van der Waals surface area contributed by atoms with Gasteiger partial charge in [0, 0.05) is 29.2 Å². The van der Waals surface area contributed by atoms with E-state index in [0.29, 0.717) is 27.4 Å². The Morgan fingerprint density at radius 2 is 1.96 bits per heavy atom. The van der Waals surface area contributed by atoms with Gasteiger partial charge in [-0.15, -0.1) is 0 Å². The molecule has 27 heavy (non-hydrogen) atoms. The molecule has 3 aromatic rings. The lowest BCUT2D eigenvalue weighted by Gasteiger charge is -2.12. The van der Waals surface area contributed by atoms with Crippen LogP contribution < -0.4 is 14.8 Å². The highest BCUT2D eigenvalue weighted by Gasteiger charge is 2.12. The van der Waals surface area contributed by atoms with E-state index < -0.39 is 0 Å². The summed E-state index contributed by atoms with van der Waals surface area (Å²) < 4.78 is 12.4. The lowest BCUT2D eigenvalue weighted by molar-refractivity contribution is -0.113. The first-order valence-corrected chi connectivity index (χ1v) is 9.41. The number of rotatable bonds is 7. The third-order valence-electron chi connectivity index (χ3n) is 3.72. The van der Waals surface area contributed by atoms with Crippen LogP contribution in [-0.4, -0.2) is 35.4 Å². The second kappa shape index (κ2) is 8.83. The topological polar surface area (TPSA) is 65.4 Å². The maximum Gasteiger partial charge on any atom is 0.234 e. The fourth-order valence-electron chi connectivity index (χ4n) is 2.42. The van der Waals surface area contributed by atoms with Crippen molar-refractivity contribution in [2.24, 2.45) is 0 Å². The van der Waals surface area contributed by atoms with Crippen LogP contribution >= 0.6 is 23.4 Å². The fraction of sp³-hybridized carbons (Fsp3) is 0.158. The number of amides is 1. The van der Waals surface area contributed by atoms with Crippen LogP contribution in [0.25, 0.3) is 5.69 Å². The Bertz CT molecular complexity index is 928. The van der Waals surface area contributed by atoms with E-state index in [1.54, 1.807) is 38.6 Å². The Morgan fingerprint density at radius 3 is 2.67 bits per heavy atom. The molecular formula is C19H18ClN3O3S. The van der Waals surface area contributed by atoms with Crippen molar-refractivity contribution in [1.29, 1.82) is 0 Å². The van der Waals surface area contributed by atoms with Crippen LogP contribution in [0.3, 0.4) is 0 Å². The number of nitrogens with one attached hydrogen (secondary N) is 1. The summed E-state index contributed by atoms with van der Waals surface area (Å²) in [4.78, 5) is 16.7. The average molecular weight is 404 g/mol. The molecule has 1 amide bonds. The van der Waals surface area contributed by atoms with E-state index in [4.69, 9.17) is 21.1 Å². The molecule has 0 spiro atoms. The summed E-state index contributed by atoms with van der Waals surface area (Å²) in [6.45, 7) is 0. The maximum absolute atomic E-state index is 12.4. The van der Waals surface area contributed by atoms with Gasteiger partial charge < -0.3 is 14.8 Å². The number of hydrogen-bond acceptors (Lipinski definition) is 5. The summed E-state index contributed by atoms with van der Waals surface area (Å²) in [5.41, 5.74) is 1.48. The molecular weight excluding hydrogens is 386 g/mol. The third kappa shape index (κ3) is 4.75. The van der Waals surface area contributed by atoms with Crippen molar-refractivity contribution in [3.05, 3.63) is 59.9 Å². The summed E-state index contributed by atoms with van der Waals surface area (Å²) in [6.07, 6.45) is 3.54. The highest BCUT2D eigenvalue weighted by molar-refractivity contribution is 7.99. The Balaban J connectivity index is 1.67. The molecule has 2 aromatic carbocycles. The van der Waals surface area contributed by atoms with E-state index in [-0.39, 0.29) is 11.7 Å². The first kappa shape index (κ1) is 19.1. The van der Waals surface area contributed by atoms with Crippen LogP contribution in [0.2, 0.25) is 5.02 Å². The molecule has 0 aliphatic rings. The second-order valence-corrected chi connectivity index (χ2v) is 6.84. The van der Waals surface area contributed by atoms with Crippen molar-refractivity contribution in [2.75, 3.05) is 25.3 Å². The Kier molecular flexibility index (Phi) is 6.26. The van der Waals surface area contributed by atoms with E-state index in [2.05, 4.69) is 10.3 Å². The van der Waals surface area contributed by atoms with Gasteiger partial charge in [-0.2, -0.15) is 0 Å². The molecule has 0 aliphatic carbocycles. The molecule has 6 nitrogen and oxygen atoms in total. The number of anilines is 1. The molecule has 0 aliphatic heterocycles. The molecule has 1 heterocycles. The summed E-state index contributed by atoms with van der Waals surface area (Å²) in [7, 11) is 3.12. The smallest absolute Gasteiger partial charge is 0.234 e. The predicted octanol–water partition coefficient (Wildman–Crippen LogP) is 4.27. The quantitative estimate of drug-likeness (QED) is 0.596. The van der Waals surface area contributed by atoms with Crippen molar-refractivity contribution in [1.82, 2.24) is 9.55 Å². The zero-order valence-electron chi connectivity index (χ0n) is 14.8. The number of halogens is 1. The van der Waals surface area contributed by atoms with Gasteiger partial charge in [0.05, 0.1) is 25.7 Å². The maximum atomic E-state index is 12.4. The van der Waals surface area contributed by atoms with Gasteiger partial charge in [0.2, 0.25) is 5.91 Å². The number of aromatic nitrogens is 2. The Morgan fingerprint density at radius 1 is 1.19 bits per heavy atom. The van der Waals surface area contributed by atoms with Crippen LogP contribution in [0.1, 0.15) is 0 Å². The van der Waals surface area contributed by atoms with Gasteiger partial charge in [0.1, 0.15) is 11.5 Å². The molecule has 0 saturated carbocycles. The number of imidazole rings is 1. The van der Waals surface area contributed by atoms with Gasteiger partial charge in [0.15, 0.2) is 5.16 Å². The van der Waals surface area contributed by atoms with Crippen molar-refractivity contribution in [3.63, 3.8) is 0 Å². The molecule has 0 atom stereocenters. The Hall–Kier alpha value is -2.64. The minimum atomic E-state index is -0.169. The van der Waals surface area contributed by atoms with Crippen molar-refractivity contribution < 1.29 is 14.3 Å². The second-order valence-electron chi connectivity index (χ2n) is 5.46. The molecule has 1 aromatic heterocycles. The molecule has 8 heteroatoms. The SMILES string of the molecule is COc1ccc(OC)c(NC(=O)CSc2nccn2-c2ccc(Cl)cc2)c1. The number of benzene rings is 2. The van der Waals surface area contributed by atoms with Crippen LogP contribution in [0.15, 0.2) is 60.0 Å². The van der Waals surface area contributed by atoms with Crippen molar-refractivity contribution in [2.45, 2.75) is 5.16 Å². The monoisotopic (exact) mass is 403 g/mol. The molecule has 0 radical (unpaired) electrons. The van der Waals surface area contributed by atoms with Gasteiger partial charge in [-0.05, 0) is 36.4 Å². The summed E-state index contributed by atoms with van der Waals surface area (Å²) >= 11 is 7.27. The normalized spacial score (nSPS) is 10.5. The average Bonchev–Trinajstić information content (AvgIpc) is 3.15. The van der Waals surface area contributed by atoms with E-state index in [9.17, 15) is 4.79 Å². The summed E-state index contributed by atoms with van der Waals surface area (Å²) in [5.74, 6) is 1.23. The standard InChI is InChI=1S/C19H18ClN3O3S/c1-25-15-7-8-17(26-2)16(11-15)22-18(24)12-27-19-21-9-10-23(19)14-5-3-13(20)4-6-14/h3-11H,12H2,1-2H3,(H,22,24). The molecule has 0 bridgehead atoms. The van der Waals surface area contributed by atoms with Gasteiger partial charge in [0.25, 0.3) is 0 Å². The number of nitrogens with zero attached hydrogens (tertiary/aromatic N) is 2. The van der Waals surface area contributed by atoms with E-state index in [1.165, 1.54) is 11.8 Å². The highest BCUT2D eigenvalue weighted by atomic mass is 35.5. The van der Waals surface area contributed by atoms with Gasteiger partial charge in [-0.25, -0.2) is 4.98 Å². The predicted molar refractivity (Wildman–Crippen MR) is 107 cm³/mol. The van der Waals surface area contributed by atoms with E-state index >= 15 is 0 Å². The fourth-order valence-corrected chi connectivity index (χ4v) is 3.32. The number of carbonyl (C=O) groups is 1. The van der Waals surface area contributed by atoms with Gasteiger partial charge in [-0.3, -0.25) is 9.36 Å². The minimum Gasteiger partial charge on any atom is -0.497 e. The van der Waals surface area contributed by atoms with Crippen molar-refractivity contribution >= 4 is 35.0 Å². The number of methoxy groups -OCH3 is 2. The zero-order chi connectivity index (χ0) is 19.2. The van der Waals surface area contributed by atoms with Crippen LogP contribution in [-0.2, 0) is 4.79 Å². The minimum absolute atomic E-state index is 0.169.